The number of aryl methyl sites for hydroxylation is 2. The van der Waals surface area contributed by atoms with Crippen molar-refractivity contribution in [3.63, 3.8) is 0 Å². The van der Waals surface area contributed by atoms with Crippen molar-refractivity contribution in [3.05, 3.63) is 58.5 Å². The molecular weight excluding hydrogens is 354 g/mol. The maximum atomic E-state index is 10.2. The van der Waals surface area contributed by atoms with Crippen molar-refractivity contribution in [1.82, 2.24) is 0 Å². The van der Waals surface area contributed by atoms with E-state index in [1.54, 1.807) is 24.8 Å². The van der Waals surface area contributed by atoms with Crippen LogP contribution in [-0.4, -0.2) is 16.6 Å². The fraction of sp³-hybridized carbons (Fsp3) is 0.421. The summed E-state index contributed by atoms with van der Waals surface area (Å²) in [6.07, 6.45) is 6.21. The van der Waals surface area contributed by atoms with Gasteiger partial charge in [0.15, 0.2) is 0 Å². The lowest BCUT2D eigenvalue weighted by atomic mass is 9.61. The van der Waals surface area contributed by atoms with Gasteiger partial charge in [-0.15, -0.1) is 4.33 Å². The van der Waals surface area contributed by atoms with Gasteiger partial charge >= 0.3 is 0 Å². The lowest BCUT2D eigenvalue weighted by Gasteiger charge is -2.39. The molecule has 6 nitrogen and oxygen atoms in total. The second-order valence-corrected chi connectivity index (χ2v) is 6.85. The molecule has 0 saturated carbocycles. The van der Waals surface area contributed by atoms with Crippen molar-refractivity contribution in [2.75, 3.05) is 6.26 Å². The Morgan fingerprint density at radius 1 is 1.38 bits per heavy atom. The van der Waals surface area contributed by atoms with E-state index < -0.39 is 11.5 Å². The first-order chi connectivity index (χ1) is 12.5. The zero-order valence-electron chi connectivity index (χ0n) is 15.1. The molecule has 26 heavy (non-hydrogen) atoms. The van der Waals surface area contributed by atoms with Crippen LogP contribution in [0.3, 0.4) is 0 Å². The minimum absolute atomic E-state index is 0.432. The molecule has 1 aliphatic rings. The van der Waals surface area contributed by atoms with Crippen molar-refractivity contribution >= 4 is 12.0 Å². The van der Waals surface area contributed by atoms with E-state index >= 15 is 0 Å². The summed E-state index contributed by atoms with van der Waals surface area (Å²) < 4.78 is 8.80. The second kappa shape index (κ2) is 9.21. The van der Waals surface area contributed by atoms with E-state index in [4.69, 9.17) is 9.67 Å². The monoisotopic (exact) mass is 377 g/mol. The summed E-state index contributed by atoms with van der Waals surface area (Å²) in [5, 5.41) is 30.3. The van der Waals surface area contributed by atoms with Crippen LogP contribution < -0.4 is 0 Å². The Hall–Kier alpha value is -1.82. The van der Waals surface area contributed by atoms with E-state index in [1.165, 1.54) is 16.7 Å². The molecule has 140 valence electrons. The summed E-state index contributed by atoms with van der Waals surface area (Å²) in [4.78, 5) is 0. The van der Waals surface area contributed by atoms with Gasteiger partial charge in [-0.05, 0) is 61.4 Å². The van der Waals surface area contributed by atoms with Gasteiger partial charge in [0.2, 0.25) is 0 Å². The van der Waals surface area contributed by atoms with Crippen LogP contribution in [0.15, 0.2) is 35.1 Å². The predicted molar refractivity (Wildman–Crippen MR) is 98.1 cm³/mol. The number of aliphatic hydroxyl groups is 1. The lowest BCUT2D eigenvalue weighted by molar-refractivity contribution is -0.432. The summed E-state index contributed by atoms with van der Waals surface area (Å²) in [6, 6.07) is 8.58. The van der Waals surface area contributed by atoms with Gasteiger partial charge in [-0.2, -0.15) is 5.26 Å². The summed E-state index contributed by atoms with van der Waals surface area (Å²) in [5.41, 5.74) is 5.27. The zero-order valence-corrected chi connectivity index (χ0v) is 15.9. The summed E-state index contributed by atoms with van der Waals surface area (Å²) in [7, 11) is 0. The van der Waals surface area contributed by atoms with Gasteiger partial charge in [-0.3, -0.25) is 0 Å². The first-order valence-electron chi connectivity index (χ1n) is 8.20. The number of fused-ring (bicyclic) bond motifs is 1. The van der Waals surface area contributed by atoms with E-state index in [2.05, 4.69) is 41.4 Å². The third kappa shape index (κ3) is 4.47. The number of furan rings is 1. The van der Waals surface area contributed by atoms with Gasteiger partial charge in [0.25, 0.3) is 0 Å². The highest BCUT2D eigenvalue weighted by Gasteiger charge is 2.43. The highest BCUT2D eigenvalue weighted by molar-refractivity contribution is 7.93. The normalized spacial score (nSPS) is 18.8. The van der Waals surface area contributed by atoms with Gasteiger partial charge in [0.05, 0.1) is 30.1 Å². The second-order valence-electron chi connectivity index (χ2n) is 6.38. The minimum atomic E-state index is -0.565. The number of nitriles is 1. The number of hydrogen-bond acceptors (Lipinski definition) is 7. The van der Waals surface area contributed by atoms with Crippen LogP contribution in [0.4, 0.5) is 0 Å². The molecule has 1 heterocycles. The molecule has 0 spiro atoms. The molecule has 0 amide bonds. The van der Waals surface area contributed by atoms with Gasteiger partial charge in [0.1, 0.15) is 0 Å². The van der Waals surface area contributed by atoms with Crippen molar-refractivity contribution < 1.29 is 24.2 Å². The number of hydrogen-bond donors (Lipinski definition) is 2. The van der Waals surface area contributed by atoms with Crippen molar-refractivity contribution in [2.45, 2.75) is 44.6 Å². The van der Waals surface area contributed by atoms with Crippen LogP contribution in [0.2, 0.25) is 0 Å². The van der Waals surface area contributed by atoms with Gasteiger partial charge in [-0.25, -0.2) is 5.26 Å². The predicted octanol–water partition coefficient (Wildman–Crippen LogP) is 4.41. The first kappa shape index (κ1) is 20.5. The van der Waals surface area contributed by atoms with E-state index in [0.717, 1.165) is 29.6 Å². The molecule has 0 radical (unpaired) electrons. The maximum Gasteiger partial charge on any atom is 0.0960 e. The van der Waals surface area contributed by atoms with E-state index in [0.29, 0.717) is 12.8 Å². The number of benzene rings is 1. The van der Waals surface area contributed by atoms with E-state index in [1.807, 2.05) is 0 Å². The Labute approximate surface area is 157 Å². The number of nitrogens with zero attached hydrogens (tertiary/aromatic N) is 1. The smallest absolute Gasteiger partial charge is 0.0960 e. The largest absolute Gasteiger partial charge is 0.472 e. The Bertz CT molecular complexity index is 754. The van der Waals surface area contributed by atoms with E-state index in [-0.39, 0.29) is 0 Å². The average molecular weight is 377 g/mol. The highest BCUT2D eigenvalue weighted by Crippen LogP contribution is 2.46. The molecular formula is C19H23NO5S. The summed E-state index contributed by atoms with van der Waals surface area (Å²) in [6.45, 7) is 4.18. The fourth-order valence-electron chi connectivity index (χ4n) is 3.20. The zero-order chi connectivity index (χ0) is 19.2. The number of rotatable bonds is 6. The van der Waals surface area contributed by atoms with Crippen molar-refractivity contribution in [3.8, 4) is 6.07 Å². The lowest BCUT2D eigenvalue weighted by Crippen LogP contribution is -2.38. The molecule has 2 atom stereocenters. The molecule has 0 bridgehead atoms. The quantitative estimate of drug-likeness (QED) is 0.437. The van der Waals surface area contributed by atoms with Gasteiger partial charge in [0, 0.05) is 23.9 Å². The molecule has 7 heteroatoms. The topological polar surface area (TPSA) is 95.8 Å². The molecule has 1 aliphatic carbocycles. The molecule has 1 aromatic carbocycles. The van der Waals surface area contributed by atoms with Crippen LogP contribution >= 0.6 is 12.0 Å². The van der Waals surface area contributed by atoms with Crippen LogP contribution in [0.5, 0.6) is 0 Å². The standard InChI is InChI=1S/C18H19NO2.CH4O3S/c1-12-7-15-9-18(11-19,16(15)8-13(12)2)5-3-17(20)14-4-6-21-10-14;1-5-4-3-2/h4,6-8,10,17,20H,3,5,9H2,1-2H3;2H,1H3. The van der Waals surface area contributed by atoms with Crippen LogP contribution in [0.1, 0.15) is 46.8 Å². The molecule has 2 unspecified atom stereocenters. The SMILES string of the molecule is CSOOO.Cc1cc2c(cc1C)C(C#N)(CCC(O)c1ccoc1)C2. The highest BCUT2D eigenvalue weighted by atomic mass is 32.2. The van der Waals surface area contributed by atoms with Crippen LogP contribution in [-0.2, 0) is 21.2 Å². The Kier molecular flexibility index (Phi) is 7.26. The third-order valence-electron chi connectivity index (χ3n) is 4.81. The molecule has 1 aromatic heterocycles. The van der Waals surface area contributed by atoms with Crippen LogP contribution in [0, 0.1) is 25.2 Å². The van der Waals surface area contributed by atoms with Crippen molar-refractivity contribution in [2.24, 2.45) is 0 Å². The maximum absolute atomic E-state index is 10.2. The van der Waals surface area contributed by atoms with Gasteiger partial charge in [-0.1, -0.05) is 17.2 Å². The Morgan fingerprint density at radius 3 is 2.65 bits per heavy atom. The fourth-order valence-corrected chi connectivity index (χ4v) is 3.27. The van der Waals surface area contributed by atoms with Crippen molar-refractivity contribution in [1.29, 1.82) is 5.26 Å². The molecule has 2 aromatic rings. The molecule has 0 saturated heterocycles. The Morgan fingerprint density at radius 2 is 2.12 bits per heavy atom. The number of aliphatic hydroxyl groups excluding tert-OH is 1. The molecule has 0 fully saturated rings. The van der Waals surface area contributed by atoms with Gasteiger partial charge < -0.3 is 9.52 Å². The molecule has 3 rings (SSSR count). The first-order valence-corrected chi connectivity index (χ1v) is 9.35. The molecule has 2 N–H and O–H groups in total. The third-order valence-corrected chi connectivity index (χ3v) is 5.01. The Balaban J connectivity index is 0.000000431. The summed E-state index contributed by atoms with van der Waals surface area (Å²) >= 11 is 0.929. The van der Waals surface area contributed by atoms with Crippen LogP contribution in [0.25, 0.3) is 0 Å². The van der Waals surface area contributed by atoms with E-state index in [9.17, 15) is 10.4 Å². The average Bonchev–Trinajstić information content (AvgIpc) is 3.16. The minimum Gasteiger partial charge on any atom is -0.472 e. The summed E-state index contributed by atoms with van der Waals surface area (Å²) in [5.74, 6) is 0. The molecule has 0 aliphatic heterocycles.